The number of nitrogens with zero attached hydrogens (tertiary/aromatic N) is 1. The molecule has 4 aromatic carbocycles. The van der Waals surface area contributed by atoms with Gasteiger partial charge in [0.05, 0.1) is 13.2 Å². The molecule has 0 aromatic heterocycles. The van der Waals surface area contributed by atoms with E-state index >= 15 is 0 Å². The highest BCUT2D eigenvalue weighted by atomic mass is 16.6. The Hall–Kier alpha value is -4.95. The molecule has 0 heterocycles. The van der Waals surface area contributed by atoms with Gasteiger partial charge in [0.1, 0.15) is 12.6 Å². The maximum Gasteiger partial charge on any atom is 0.337 e. The molecule has 45 heavy (non-hydrogen) atoms. The highest BCUT2D eigenvalue weighted by Crippen LogP contribution is 2.20. The molecule has 2 amide bonds. The van der Waals surface area contributed by atoms with Crippen LogP contribution in [-0.2, 0) is 38.7 Å². The maximum atomic E-state index is 13.6. The number of hydrogen-bond donors (Lipinski definition) is 2. The Morgan fingerprint density at radius 1 is 0.689 bits per heavy atom. The van der Waals surface area contributed by atoms with E-state index in [1.54, 1.807) is 0 Å². The van der Waals surface area contributed by atoms with Crippen LogP contribution >= 0.6 is 0 Å². The SMILES string of the molecule is CC(C)CN(C[C@H](OCc1ccccc1)C(=O)OCc1ccccc1)C(=O)N[C@@H](Cc1ccc(-c2ccccc2)cc1)C(=O)O. The van der Waals surface area contributed by atoms with Gasteiger partial charge in [-0.05, 0) is 33.7 Å². The summed E-state index contributed by atoms with van der Waals surface area (Å²) in [6.45, 7) is 4.25. The number of urea groups is 1. The number of aliphatic carboxylic acids is 1. The molecule has 0 radical (unpaired) electrons. The molecule has 2 atom stereocenters. The summed E-state index contributed by atoms with van der Waals surface area (Å²) in [7, 11) is 0. The average Bonchev–Trinajstić information content (AvgIpc) is 3.06. The normalized spacial score (nSPS) is 12.2. The van der Waals surface area contributed by atoms with Crippen LogP contribution in [0.2, 0.25) is 0 Å². The molecule has 4 rings (SSSR count). The van der Waals surface area contributed by atoms with E-state index in [0.29, 0.717) is 0 Å². The number of benzene rings is 4. The molecule has 0 aliphatic carbocycles. The number of carboxylic acid groups (broad SMARTS) is 1. The van der Waals surface area contributed by atoms with Gasteiger partial charge in [-0.2, -0.15) is 0 Å². The lowest BCUT2D eigenvalue weighted by Crippen LogP contribution is -2.52. The number of hydrogen-bond acceptors (Lipinski definition) is 5. The van der Waals surface area contributed by atoms with Gasteiger partial charge in [-0.1, -0.05) is 129 Å². The van der Waals surface area contributed by atoms with Gasteiger partial charge < -0.3 is 24.8 Å². The quantitative estimate of drug-likeness (QED) is 0.153. The maximum absolute atomic E-state index is 13.6. The first-order valence-electron chi connectivity index (χ1n) is 15.1. The molecule has 234 valence electrons. The minimum absolute atomic E-state index is 0.0414. The summed E-state index contributed by atoms with van der Waals surface area (Å²) >= 11 is 0. The second kappa shape index (κ2) is 16.8. The van der Waals surface area contributed by atoms with Gasteiger partial charge in [0, 0.05) is 13.0 Å². The van der Waals surface area contributed by atoms with E-state index in [2.05, 4.69) is 5.32 Å². The summed E-state index contributed by atoms with van der Waals surface area (Å²) in [5.41, 5.74) is 4.53. The summed E-state index contributed by atoms with van der Waals surface area (Å²) in [6.07, 6.45) is -0.995. The molecule has 4 aromatic rings. The second-order valence-corrected chi connectivity index (χ2v) is 11.3. The molecule has 0 aliphatic rings. The van der Waals surface area contributed by atoms with Crippen molar-refractivity contribution in [2.24, 2.45) is 5.92 Å². The van der Waals surface area contributed by atoms with Crippen molar-refractivity contribution in [3.63, 3.8) is 0 Å². The van der Waals surface area contributed by atoms with Gasteiger partial charge in [-0.15, -0.1) is 0 Å². The van der Waals surface area contributed by atoms with Crippen LogP contribution in [0.1, 0.15) is 30.5 Å². The Morgan fingerprint density at radius 3 is 1.78 bits per heavy atom. The fourth-order valence-corrected chi connectivity index (χ4v) is 4.81. The van der Waals surface area contributed by atoms with Gasteiger partial charge in [-0.3, -0.25) is 0 Å². The van der Waals surface area contributed by atoms with Crippen LogP contribution in [0, 0.1) is 5.92 Å². The summed E-state index contributed by atoms with van der Waals surface area (Å²) in [5.74, 6) is -1.72. The topological polar surface area (TPSA) is 105 Å². The molecule has 2 N–H and O–H groups in total. The minimum Gasteiger partial charge on any atom is -0.480 e. The summed E-state index contributed by atoms with van der Waals surface area (Å²) in [4.78, 5) is 40.5. The van der Waals surface area contributed by atoms with Crippen LogP contribution in [0.3, 0.4) is 0 Å². The van der Waals surface area contributed by atoms with Crippen LogP contribution in [-0.4, -0.2) is 53.2 Å². The molecule has 0 spiro atoms. The zero-order valence-electron chi connectivity index (χ0n) is 25.7. The van der Waals surface area contributed by atoms with E-state index in [4.69, 9.17) is 9.47 Å². The highest BCUT2D eigenvalue weighted by Gasteiger charge is 2.30. The molecule has 8 nitrogen and oxygen atoms in total. The largest absolute Gasteiger partial charge is 0.480 e. The molecule has 0 saturated heterocycles. The van der Waals surface area contributed by atoms with E-state index < -0.39 is 30.1 Å². The average molecular weight is 609 g/mol. The zero-order valence-corrected chi connectivity index (χ0v) is 25.7. The van der Waals surface area contributed by atoms with E-state index in [9.17, 15) is 19.5 Å². The zero-order chi connectivity index (χ0) is 32.0. The van der Waals surface area contributed by atoms with Crippen molar-refractivity contribution in [3.05, 3.63) is 132 Å². The molecule has 0 unspecified atom stereocenters. The van der Waals surface area contributed by atoms with Crippen molar-refractivity contribution in [1.29, 1.82) is 0 Å². The first kappa shape index (κ1) is 33.0. The minimum atomic E-state index is -1.18. The van der Waals surface area contributed by atoms with Crippen LogP contribution in [0.15, 0.2) is 115 Å². The van der Waals surface area contributed by atoms with Crippen LogP contribution in [0.25, 0.3) is 11.1 Å². The third-order valence-corrected chi connectivity index (χ3v) is 7.14. The van der Waals surface area contributed by atoms with Crippen molar-refractivity contribution < 1.29 is 29.0 Å². The fourth-order valence-electron chi connectivity index (χ4n) is 4.81. The van der Waals surface area contributed by atoms with Crippen molar-refractivity contribution in [3.8, 4) is 11.1 Å². The van der Waals surface area contributed by atoms with Gasteiger partial charge in [-0.25, -0.2) is 14.4 Å². The van der Waals surface area contributed by atoms with E-state index in [0.717, 1.165) is 27.8 Å². The molecule has 8 heteroatoms. The lowest BCUT2D eigenvalue weighted by Gasteiger charge is -2.29. The smallest absolute Gasteiger partial charge is 0.337 e. The Labute approximate surface area is 264 Å². The van der Waals surface area contributed by atoms with Crippen LogP contribution in [0.5, 0.6) is 0 Å². The van der Waals surface area contributed by atoms with Crippen LogP contribution in [0.4, 0.5) is 4.79 Å². The van der Waals surface area contributed by atoms with E-state index in [-0.39, 0.29) is 38.6 Å². The number of esters is 1. The molecule has 0 aliphatic heterocycles. The van der Waals surface area contributed by atoms with Gasteiger partial charge in [0.25, 0.3) is 0 Å². The van der Waals surface area contributed by atoms with Gasteiger partial charge in [0.2, 0.25) is 0 Å². The number of carbonyl (C=O) groups excluding carboxylic acids is 2. The van der Waals surface area contributed by atoms with Crippen LogP contribution < -0.4 is 5.32 Å². The number of rotatable bonds is 15. The summed E-state index contributed by atoms with van der Waals surface area (Å²) in [6, 6.07) is 34.4. The van der Waals surface area contributed by atoms with Crippen molar-refractivity contribution in [2.75, 3.05) is 13.1 Å². The lowest BCUT2D eigenvalue weighted by molar-refractivity contribution is -0.160. The number of carbonyl (C=O) groups is 3. The third-order valence-electron chi connectivity index (χ3n) is 7.14. The molecule has 0 bridgehead atoms. The Bertz CT molecular complexity index is 1490. The Balaban J connectivity index is 1.46. The highest BCUT2D eigenvalue weighted by molar-refractivity contribution is 5.83. The first-order chi connectivity index (χ1) is 21.8. The number of ether oxygens (including phenoxy) is 2. The van der Waals surface area contributed by atoms with E-state index in [1.807, 2.05) is 129 Å². The molecular weight excluding hydrogens is 568 g/mol. The lowest BCUT2D eigenvalue weighted by atomic mass is 10.0. The monoisotopic (exact) mass is 608 g/mol. The van der Waals surface area contributed by atoms with Crippen molar-refractivity contribution in [1.82, 2.24) is 10.2 Å². The number of amides is 2. The van der Waals surface area contributed by atoms with Crippen molar-refractivity contribution >= 4 is 18.0 Å². The number of carboxylic acids is 1. The molecular formula is C37H40N2O6. The predicted octanol–water partition coefficient (Wildman–Crippen LogP) is 6.35. The Morgan fingerprint density at radius 2 is 1.22 bits per heavy atom. The fraction of sp³-hybridized carbons (Fsp3) is 0.270. The summed E-state index contributed by atoms with van der Waals surface area (Å²) < 4.78 is 11.6. The standard InChI is InChI=1S/C37H40N2O6/c1-27(2)23-39(24-34(44-25-29-12-6-3-7-13-29)36(42)45-26-30-14-8-4-9-15-30)37(43)38-33(35(40)41)22-28-18-20-32(21-19-28)31-16-10-5-11-17-31/h3-21,27,33-34H,22-26H2,1-2H3,(H,38,43)(H,40,41)/t33-,34-/m0/s1. The second-order valence-electron chi connectivity index (χ2n) is 11.3. The number of nitrogens with one attached hydrogen (secondary N) is 1. The Kier molecular flexibility index (Phi) is 12.3. The molecule has 0 fully saturated rings. The first-order valence-corrected chi connectivity index (χ1v) is 15.1. The van der Waals surface area contributed by atoms with Gasteiger partial charge >= 0.3 is 18.0 Å². The summed E-state index contributed by atoms with van der Waals surface area (Å²) in [5, 5.41) is 12.7. The molecule has 0 saturated carbocycles. The third kappa shape index (κ3) is 10.6. The van der Waals surface area contributed by atoms with E-state index in [1.165, 1.54) is 4.90 Å². The van der Waals surface area contributed by atoms with Crippen molar-refractivity contribution in [2.45, 2.75) is 45.6 Å². The van der Waals surface area contributed by atoms with Gasteiger partial charge in [0.15, 0.2) is 6.10 Å². The predicted molar refractivity (Wildman–Crippen MR) is 173 cm³/mol.